The maximum absolute atomic E-state index is 12.7. The van der Waals surface area contributed by atoms with Crippen molar-refractivity contribution in [1.82, 2.24) is 0 Å². The molecule has 0 aromatic heterocycles. The third-order valence-electron chi connectivity index (χ3n) is 5.24. The van der Waals surface area contributed by atoms with Gasteiger partial charge in [0.25, 0.3) is 0 Å². The molecule has 9 nitrogen and oxygen atoms in total. The summed E-state index contributed by atoms with van der Waals surface area (Å²) in [4.78, 5) is 25.2. The summed E-state index contributed by atoms with van der Waals surface area (Å²) in [6.45, 7) is 1.21. The van der Waals surface area contributed by atoms with Crippen LogP contribution in [0.3, 0.4) is 0 Å². The number of aliphatic hydroxyl groups is 3. The minimum Gasteiger partial charge on any atom is -0.507 e. The zero-order valence-corrected chi connectivity index (χ0v) is 17.7. The molecule has 32 heavy (non-hydrogen) atoms. The van der Waals surface area contributed by atoms with Crippen molar-refractivity contribution < 1.29 is 44.2 Å². The van der Waals surface area contributed by atoms with Crippen molar-refractivity contribution in [2.75, 3.05) is 6.61 Å². The molecule has 3 rings (SSSR count). The van der Waals surface area contributed by atoms with E-state index in [2.05, 4.69) is 0 Å². The number of esters is 1. The van der Waals surface area contributed by atoms with Gasteiger partial charge in [-0.25, -0.2) is 4.79 Å². The van der Waals surface area contributed by atoms with Crippen molar-refractivity contribution in [2.24, 2.45) is 0 Å². The summed E-state index contributed by atoms with van der Waals surface area (Å²) in [7, 11) is 0. The molecule has 1 fully saturated rings. The Bertz CT molecular complexity index is 892. The van der Waals surface area contributed by atoms with E-state index in [4.69, 9.17) is 14.2 Å². The van der Waals surface area contributed by atoms with Crippen molar-refractivity contribution in [3.8, 4) is 11.5 Å². The average molecular weight is 448 g/mol. The number of phenols is 1. The largest absolute Gasteiger partial charge is 0.507 e. The lowest BCUT2D eigenvalue weighted by Crippen LogP contribution is -2.35. The predicted molar refractivity (Wildman–Crippen MR) is 112 cm³/mol. The SMILES string of the molecule is C[C@H]1C/C=C\CC/C=C\C(=O)Cc2cc(OC3O[C@H](CO)[C@@H](O)[C@H]3O)cc(O)c2C(=O)O1. The Labute approximate surface area is 185 Å². The zero-order chi connectivity index (χ0) is 23.3. The van der Waals surface area contributed by atoms with Crippen LogP contribution in [0, 0.1) is 0 Å². The molecule has 0 spiro atoms. The first kappa shape index (κ1) is 23.9. The van der Waals surface area contributed by atoms with E-state index in [1.807, 2.05) is 12.2 Å². The van der Waals surface area contributed by atoms with Gasteiger partial charge in [-0.1, -0.05) is 18.2 Å². The topological polar surface area (TPSA) is 143 Å². The summed E-state index contributed by atoms with van der Waals surface area (Å²) >= 11 is 0. The Kier molecular flexibility index (Phi) is 8.03. The molecule has 0 aliphatic carbocycles. The first-order valence-electron chi connectivity index (χ1n) is 10.5. The highest BCUT2D eigenvalue weighted by Gasteiger charge is 2.44. The molecule has 0 saturated carbocycles. The molecule has 2 aliphatic rings. The van der Waals surface area contributed by atoms with Gasteiger partial charge in [0.05, 0.1) is 6.61 Å². The molecule has 0 bridgehead atoms. The van der Waals surface area contributed by atoms with Gasteiger partial charge in [-0.2, -0.15) is 0 Å². The third kappa shape index (κ3) is 5.74. The first-order chi connectivity index (χ1) is 15.3. The maximum atomic E-state index is 12.7. The molecule has 1 aromatic rings. The molecule has 5 atom stereocenters. The number of carbonyl (C=O) groups excluding carboxylic acids is 2. The van der Waals surface area contributed by atoms with Gasteiger partial charge in [-0.15, -0.1) is 0 Å². The lowest BCUT2D eigenvalue weighted by Gasteiger charge is -2.19. The van der Waals surface area contributed by atoms with Crippen molar-refractivity contribution in [3.63, 3.8) is 0 Å². The highest BCUT2D eigenvalue weighted by Crippen LogP contribution is 2.32. The third-order valence-corrected chi connectivity index (χ3v) is 5.24. The molecule has 1 saturated heterocycles. The van der Waals surface area contributed by atoms with E-state index >= 15 is 0 Å². The number of aliphatic hydroxyl groups excluding tert-OH is 3. The number of carbonyl (C=O) groups is 2. The Hall–Kier alpha value is -2.72. The van der Waals surface area contributed by atoms with Crippen LogP contribution in [0.4, 0.5) is 0 Å². The van der Waals surface area contributed by atoms with Crippen LogP contribution in [0.2, 0.25) is 0 Å². The molecule has 0 radical (unpaired) electrons. The second kappa shape index (κ2) is 10.7. The van der Waals surface area contributed by atoms with Gasteiger partial charge in [0.15, 0.2) is 5.78 Å². The second-order valence-corrected chi connectivity index (χ2v) is 7.85. The standard InChI is InChI=1S/C23H28O9/c1-13-7-5-3-2-4-6-8-15(25)9-14-10-16(11-17(26)19(14)22(29)30-13)31-23-21(28)20(27)18(12-24)32-23/h3,5-6,8,10-11,13,18,20-21,23-24,26-28H,2,4,7,9,12H2,1H3/b5-3-,8-6-/t13-,18+,20+,21+,23?/m0/s1. The van der Waals surface area contributed by atoms with E-state index in [0.29, 0.717) is 12.8 Å². The summed E-state index contributed by atoms with van der Waals surface area (Å²) in [5, 5.41) is 39.7. The number of rotatable bonds is 3. The summed E-state index contributed by atoms with van der Waals surface area (Å²) in [6, 6.07) is 2.52. The van der Waals surface area contributed by atoms with E-state index in [1.165, 1.54) is 12.1 Å². The van der Waals surface area contributed by atoms with Gasteiger partial charge < -0.3 is 34.6 Å². The minimum absolute atomic E-state index is 0.0118. The number of phenolic OH excluding ortho intramolecular Hbond substituents is 1. The number of cyclic esters (lactones) is 1. The van der Waals surface area contributed by atoms with E-state index < -0.39 is 49.0 Å². The average Bonchev–Trinajstić information content (AvgIpc) is 3.00. The van der Waals surface area contributed by atoms with Gasteiger partial charge in [0, 0.05) is 18.9 Å². The normalized spacial score (nSPS) is 31.3. The molecule has 1 unspecified atom stereocenters. The minimum atomic E-state index is -1.44. The van der Waals surface area contributed by atoms with Gasteiger partial charge in [-0.05, 0) is 37.5 Å². The molecule has 174 valence electrons. The van der Waals surface area contributed by atoms with Gasteiger partial charge in [-0.3, -0.25) is 4.79 Å². The van der Waals surface area contributed by atoms with Crippen LogP contribution in [0.15, 0.2) is 36.4 Å². The van der Waals surface area contributed by atoms with Crippen molar-refractivity contribution >= 4 is 11.8 Å². The number of fused-ring (bicyclic) bond motifs is 1. The highest BCUT2D eigenvalue weighted by molar-refractivity contribution is 5.98. The molecular weight excluding hydrogens is 420 g/mol. The van der Waals surface area contributed by atoms with Gasteiger partial charge in [0.2, 0.25) is 6.29 Å². The van der Waals surface area contributed by atoms with Crippen molar-refractivity contribution in [2.45, 2.75) is 63.3 Å². The van der Waals surface area contributed by atoms with E-state index in [-0.39, 0.29) is 29.1 Å². The molecule has 4 N–H and O–H groups in total. The fraction of sp³-hybridized carbons (Fsp3) is 0.478. The van der Waals surface area contributed by atoms with E-state index in [1.54, 1.807) is 13.0 Å². The summed E-state index contributed by atoms with van der Waals surface area (Å²) in [5.41, 5.74) is 0.0411. The van der Waals surface area contributed by atoms with Crippen molar-refractivity contribution in [3.05, 3.63) is 47.6 Å². The Morgan fingerprint density at radius 2 is 1.84 bits per heavy atom. The zero-order valence-electron chi connectivity index (χ0n) is 17.7. The molecule has 0 amide bonds. The lowest BCUT2D eigenvalue weighted by atomic mass is 10.00. The molecule has 9 heteroatoms. The number of ether oxygens (including phenoxy) is 3. The fourth-order valence-corrected chi connectivity index (χ4v) is 3.55. The summed E-state index contributed by atoms with van der Waals surface area (Å²) in [6.07, 6.45) is 3.22. The smallest absolute Gasteiger partial charge is 0.342 e. The number of ketones is 1. The Balaban J connectivity index is 1.91. The number of aromatic hydroxyl groups is 1. The number of allylic oxidation sites excluding steroid dienone is 3. The first-order valence-corrected chi connectivity index (χ1v) is 10.5. The van der Waals surface area contributed by atoms with Crippen molar-refractivity contribution in [1.29, 1.82) is 0 Å². The lowest BCUT2D eigenvalue weighted by molar-refractivity contribution is -0.116. The maximum Gasteiger partial charge on any atom is 0.342 e. The molecule has 2 heterocycles. The van der Waals surface area contributed by atoms with Crippen LogP contribution in [-0.2, 0) is 20.7 Å². The van der Waals surface area contributed by atoms with E-state index in [0.717, 1.165) is 12.5 Å². The summed E-state index contributed by atoms with van der Waals surface area (Å²) < 4.78 is 16.3. The predicted octanol–water partition coefficient (Wildman–Crippen LogP) is 1.16. The number of hydrogen-bond acceptors (Lipinski definition) is 9. The van der Waals surface area contributed by atoms with Crippen LogP contribution in [-0.4, -0.2) is 69.5 Å². The summed E-state index contributed by atoms with van der Waals surface area (Å²) in [5.74, 6) is -1.50. The van der Waals surface area contributed by atoms with E-state index in [9.17, 15) is 30.0 Å². The Morgan fingerprint density at radius 1 is 1.09 bits per heavy atom. The van der Waals surface area contributed by atoms with Gasteiger partial charge in [0.1, 0.15) is 41.5 Å². The van der Waals surface area contributed by atoms with Crippen LogP contribution in [0.25, 0.3) is 0 Å². The van der Waals surface area contributed by atoms with Crippen LogP contribution in [0.5, 0.6) is 11.5 Å². The monoisotopic (exact) mass is 448 g/mol. The van der Waals surface area contributed by atoms with Crippen LogP contribution in [0.1, 0.15) is 42.1 Å². The van der Waals surface area contributed by atoms with Crippen LogP contribution < -0.4 is 4.74 Å². The van der Waals surface area contributed by atoms with Crippen LogP contribution >= 0.6 is 0 Å². The number of hydrogen-bond donors (Lipinski definition) is 4. The molecule has 2 aliphatic heterocycles. The molecule has 1 aromatic carbocycles. The molecular formula is C23H28O9. The quantitative estimate of drug-likeness (QED) is 0.396. The Morgan fingerprint density at radius 3 is 2.56 bits per heavy atom. The second-order valence-electron chi connectivity index (χ2n) is 7.85. The highest BCUT2D eigenvalue weighted by atomic mass is 16.7. The fourth-order valence-electron chi connectivity index (χ4n) is 3.55. The number of benzene rings is 1. The van der Waals surface area contributed by atoms with Gasteiger partial charge >= 0.3 is 5.97 Å².